The molecule has 120 valence electrons. The third kappa shape index (κ3) is 3.35. The van der Waals surface area contributed by atoms with Gasteiger partial charge >= 0.3 is 0 Å². The first-order valence-corrected chi connectivity index (χ1v) is 7.50. The molecule has 1 amide bonds. The van der Waals surface area contributed by atoms with Crippen LogP contribution in [-0.2, 0) is 0 Å². The summed E-state index contributed by atoms with van der Waals surface area (Å²) in [7, 11) is 0. The summed E-state index contributed by atoms with van der Waals surface area (Å²) in [5.41, 5.74) is 9.84. The maximum absolute atomic E-state index is 12.2. The van der Waals surface area contributed by atoms with E-state index < -0.39 is 0 Å². The Hall–Kier alpha value is -3.34. The molecule has 5 nitrogen and oxygen atoms in total. The molecule has 0 saturated heterocycles. The van der Waals surface area contributed by atoms with Gasteiger partial charge in [0.1, 0.15) is 0 Å². The highest BCUT2D eigenvalue weighted by atomic mass is 16.1. The number of ketones is 1. The van der Waals surface area contributed by atoms with Crippen LogP contribution in [0, 0.1) is 0 Å². The largest absolute Gasteiger partial charge is 0.399 e. The Morgan fingerprint density at radius 3 is 2.17 bits per heavy atom. The summed E-state index contributed by atoms with van der Waals surface area (Å²) < 4.78 is 0. The third-order valence-electron chi connectivity index (χ3n) is 3.69. The smallest absolute Gasteiger partial charge is 0.255 e. The molecule has 0 aliphatic rings. The predicted molar refractivity (Wildman–Crippen MR) is 95.0 cm³/mol. The van der Waals surface area contributed by atoms with Gasteiger partial charge in [-0.2, -0.15) is 0 Å². The van der Waals surface area contributed by atoms with E-state index in [1.165, 1.54) is 6.92 Å². The molecule has 1 aromatic heterocycles. The molecule has 3 aromatic rings. The number of Topliss-reactive ketones (excluding diaryl/α,β-unsaturated/α-hetero) is 1. The van der Waals surface area contributed by atoms with Gasteiger partial charge < -0.3 is 16.0 Å². The quantitative estimate of drug-likeness (QED) is 0.506. The molecular formula is C19H17N3O2. The number of rotatable bonds is 4. The zero-order chi connectivity index (χ0) is 17.1. The predicted octanol–water partition coefficient (Wildman–Crippen LogP) is 3.72. The normalized spacial score (nSPS) is 10.4. The minimum Gasteiger partial charge on any atom is -0.399 e. The summed E-state index contributed by atoms with van der Waals surface area (Å²) in [6.45, 7) is 1.52. The number of H-pyrrole nitrogens is 1. The molecule has 0 saturated carbocycles. The fourth-order valence-electron chi connectivity index (χ4n) is 2.34. The van der Waals surface area contributed by atoms with E-state index in [1.807, 2.05) is 30.3 Å². The lowest BCUT2D eigenvalue weighted by molar-refractivity contribution is 0.101. The number of nitrogen functional groups attached to an aromatic ring is 1. The zero-order valence-electron chi connectivity index (χ0n) is 13.2. The van der Waals surface area contributed by atoms with Crippen molar-refractivity contribution in [3.05, 3.63) is 71.9 Å². The number of benzene rings is 2. The average Bonchev–Trinajstić information content (AvgIpc) is 3.06. The zero-order valence-corrected chi connectivity index (χ0v) is 13.2. The first-order chi connectivity index (χ1) is 11.5. The highest BCUT2D eigenvalue weighted by Gasteiger charge is 2.07. The molecule has 1 heterocycles. The SMILES string of the molecule is CC(=O)c1ccc(-c2ccc(NC(=O)c3ccc(N)cc3)cc2)[nH]1. The van der Waals surface area contributed by atoms with Crippen LogP contribution in [0.1, 0.15) is 27.8 Å². The summed E-state index contributed by atoms with van der Waals surface area (Å²) in [6, 6.07) is 17.8. The van der Waals surface area contributed by atoms with Gasteiger partial charge in [0.2, 0.25) is 0 Å². The Balaban J connectivity index is 1.73. The second-order valence-electron chi connectivity index (χ2n) is 5.50. The number of nitrogens with two attached hydrogens (primary N) is 1. The molecule has 2 aromatic carbocycles. The van der Waals surface area contributed by atoms with Crippen LogP contribution in [0.2, 0.25) is 0 Å². The van der Waals surface area contributed by atoms with Gasteiger partial charge in [-0.1, -0.05) is 12.1 Å². The number of aromatic nitrogens is 1. The van der Waals surface area contributed by atoms with Gasteiger partial charge in [0.15, 0.2) is 5.78 Å². The van der Waals surface area contributed by atoms with E-state index in [-0.39, 0.29) is 11.7 Å². The Bertz CT molecular complexity index is 878. The molecule has 0 unspecified atom stereocenters. The highest BCUT2D eigenvalue weighted by Crippen LogP contribution is 2.21. The molecule has 0 spiro atoms. The number of hydrogen-bond donors (Lipinski definition) is 3. The Morgan fingerprint density at radius 2 is 1.58 bits per heavy atom. The number of carbonyl (C=O) groups excluding carboxylic acids is 2. The fraction of sp³-hybridized carbons (Fsp3) is 0.0526. The summed E-state index contributed by atoms with van der Waals surface area (Å²) in [5.74, 6) is -0.199. The van der Waals surface area contributed by atoms with E-state index in [9.17, 15) is 9.59 Å². The molecule has 0 atom stereocenters. The van der Waals surface area contributed by atoms with Gasteiger partial charge in [0.05, 0.1) is 5.69 Å². The van der Waals surface area contributed by atoms with Gasteiger partial charge in [-0.25, -0.2) is 0 Å². The second-order valence-corrected chi connectivity index (χ2v) is 5.50. The molecule has 0 fully saturated rings. The Kier molecular flexibility index (Phi) is 4.16. The van der Waals surface area contributed by atoms with Crippen LogP contribution >= 0.6 is 0 Å². The molecule has 0 aliphatic heterocycles. The lowest BCUT2D eigenvalue weighted by Crippen LogP contribution is -2.11. The average molecular weight is 319 g/mol. The van der Waals surface area contributed by atoms with Crippen LogP contribution in [0.3, 0.4) is 0 Å². The molecule has 0 bridgehead atoms. The van der Waals surface area contributed by atoms with Crippen molar-refractivity contribution in [2.24, 2.45) is 0 Å². The van der Waals surface area contributed by atoms with E-state index in [0.717, 1.165) is 11.3 Å². The molecule has 5 heteroatoms. The van der Waals surface area contributed by atoms with Crippen LogP contribution in [-0.4, -0.2) is 16.7 Å². The van der Waals surface area contributed by atoms with Crippen molar-refractivity contribution in [2.75, 3.05) is 11.1 Å². The van der Waals surface area contributed by atoms with E-state index >= 15 is 0 Å². The van der Waals surface area contributed by atoms with Crippen LogP contribution in [0.25, 0.3) is 11.3 Å². The maximum atomic E-state index is 12.2. The van der Waals surface area contributed by atoms with Crippen molar-refractivity contribution in [2.45, 2.75) is 6.92 Å². The minimum absolute atomic E-state index is 0.00590. The molecule has 0 radical (unpaired) electrons. The number of aromatic amines is 1. The molecular weight excluding hydrogens is 302 g/mol. The van der Waals surface area contributed by atoms with Crippen LogP contribution in [0.5, 0.6) is 0 Å². The molecule has 3 rings (SSSR count). The van der Waals surface area contributed by atoms with Gasteiger partial charge in [-0.3, -0.25) is 9.59 Å². The molecule has 24 heavy (non-hydrogen) atoms. The Labute approximate surface area is 139 Å². The van der Waals surface area contributed by atoms with E-state index in [1.54, 1.807) is 30.3 Å². The number of hydrogen-bond acceptors (Lipinski definition) is 3. The summed E-state index contributed by atoms with van der Waals surface area (Å²) in [6.07, 6.45) is 0. The fourth-order valence-corrected chi connectivity index (χ4v) is 2.34. The standard InChI is InChI=1S/C19H17N3O2/c1-12(23)17-10-11-18(22-17)13-4-8-16(9-5-13)21-19(24)14-2-6-15(20)7-3-14/h2-11,22H,20H2,1H3,(H,21,24). The van der Waals surface area contributed by atoms with Crippen molar-refractivity contribution in [1.82, 2.24) is 4.98 Å². The van der Waals surface area contributed by atoms with Gasteiger partial charge in [0, 0.05) is 29.6 Å². The number of nitrogens with one attached hydrogen (secondary N) is 2. The minimum atomic E-state index is -0.193. The van der Waals surface area contributed by atoms with Gasteiger partial charge in [-0.15, -0.1) is 0 Å². The summed E-state index contributed by atoms with van der Waals surface area (Å²) in [4.78, 5) is 26.6. The summed E-state index contributed by atoms with van der Waals surface area (Å²) >= 11 is 0. The van der Waals surface area contributed by atoms with E-state index in [2.05, 4.69) is 10.3 Å². The van der Waals surface area contributed by atoms with Crippen LogP contribution in [0.4, 0.5) is 11.4 Å². The van der Waals surface area contributed by atoms with Crippen LogP contribution < -0.4 is 11.1 Å². The van der Waals surface area contributed by atoms with Gasteiger partial charge in [0.25, 0.3) is 5.91 Å². The van der Waals surface area contributed by atoms with E-state index in [4.69, 9.17) is 5.73 Å². The maximum Gasteiger partial charge on any atom is 0.255 e. The van der Waals surface area contributed by atoms with Crippen LogP contribution in [0.15, 0.2) is 60.7 Å². The highest BCUT2D eigenvalue weighted by molar-refractivity contribution is 6.04. The molecule has 0 aliphatic carbocycles. The number of carbonyl (C=O) groups is 2. The van der Waals surface area contributed by atoms with Crippen molar-refractivity contribution in [1.29, 1.82) is 0 Å². The van der Waals surface area contributed by atoms with Crippen molar-refractivity contribution >= 4 is 23.1 Å². The van der Waals surface area contributed by atoms with Crippen molar-refractivity contribution in [3.63, 3.8) is 0 Å². The molecule has 4 N–H and O–H groups in total. The lowest BCUT2D eigenvalue weighted by atomic mass is 10.1. The first-order valence-electron chi connectivity index (χ1n) is 7.50. The first kappa shape index (κ1) is 15.6. The van der Waals surface area contributed by atoms with Crippen molar-refractivity contribution < 1.29 is 9.59 Å². The lowest BCUT2D eigenvalue weighted by Gasteiger charge is -2.06. The topological polar surface area (TPSA) is 88.0 Å². The Morgan fingerprint density at radius 1 is 0.917 bits per heavy atom. The monoisotopic (exact) mass is 319 g/mol. The second kappa shape index (κ2) is 6.42. The van der Waals surface area contributed by atoms with E-state index in [0.29, 0.717) is 22.6 Å². The third-order valence-corrected chi connectivity index (χ3v) is 3.69. The number of amides is 1. The summed E-state index contributed by atoms with van der Waals surface area (Å²) in [5, 5.41) is 2.84. The number of anilines is 2. The van der Waals surface area contributed by atoms with Crippen molar-refractivity contribution in [3.8, 4) is 11.3 Å². The van der Waals surface area contributed by atoms with Gasteiger partial charge in [-0.05, 0) is 54.1 Å².